The number of anilines is 1. The normalized spacial score (nSPS) is 13.2. The summed E-state index contributed by atoms with van der Waals surface area (Å²) in [6, 6.07) is 15.0. The highest BCUT2D eigenvalue weighted by atomic mass is 16.5. The number of ether oxygens (including phenoxy) is 1. The first-order valence-corrected chi connectivity index (χ1v) is 11.0. The van der Waals surface area contributed by atoms with Gasteiger partial charge in [-0.1, -0.05) is 62.4 Å². The van der Waals surface area contributed by atoms with Gasteiger partial charge in [0.15, 0.2) is 0 Å². The summed E-state index contributed by atoms with van der Waals surface area (Å²) in [4.78, 5) is 36.8. The molecule has 34 heavy (non-hydrogen) atoms. The minimum Gasteiger partial charge on any atom is -0.480 e. The summed E-state index contributed by atoms with van der Waals surface area (Å²) in [7, 11) is 1.56. The Balaban J connectivity index is 1.46. The first-order valence-electron chi connectivity index (χ1n) is 11.0. The number of benzene rings is 2. The number of aryl methyl sites for hydroxylation is 1. The van der Waals surface area contributed by atoms with Crippen LogP contribution in [0.5, 0.6) is 0 Å². The molecule has 3 N–H and O–H groups in total. The molecule has 1 heterocycles. The maximum Gasteiger partial charge on any atom is 0.412 e. The van der Waals surface area contributed by atoms with Crippen LogP contribution >= 0.6 is 0 Å². The van der Waals surface area contributed by atoms with Gasteiger partial charge in [-0.25, -0.2) is 9.59 Å². The van der Waals surface area contributed by atoms with Crippen LogP contribution in [-0.2, 0) is 16.6 Å². The Labute approximate surface area is 196 Å². The highest BCUT2D eigenvalue weighted by Gasteiger charge is 2.30. The number of hydrogen-bond acceptors (Lipinski definition) is 5. The fourth-order valence-corrected chi connectivity index (χ4v) is 4.22. The Hall–Kier alpha value is -4.14. The van der Waals surface area contributed by atoms with Gasteiger partial charge in [-0.15, -0.1) is 0 Å². The van der Waals surface area contributed by atoms with Crippen molar-refractivity contribution in [3.63, 3.8) is 0 Å². The van der Waals surface area contributed by atoms with E-state index in [1.165, 1.54) is 10.9 Å². The zero-order chi connectivity index (χ0) is 24.4. The predicted octanol–water partition coefficient (Wildman–Crippen LogP) is 3.62. The average Bonchev–Trinajstić information content (AvgIpc) is 3.33. The van der Waals surface area contributed by atoms with E-state index in [1.54, 1.807) is 20.9 Å². The molecule has 0 fully saturated rings. The van der Waals surface area contributed by atoms with Crippen molar-refractivity contribution < 1.29 is 24.2 Å². The minimum absolute atomic E-state index is 0.0444. The lowest BCUT2D eigenvalue weighted by atomic mass is 9.98. The molecule has 0 aliphatic heterocycles. The molecule has 0 saturated carbocycles. The molecule has 1 atom stereocenters. The molecule has 176 valence electrons. The number of carboxylic acid groups (broad SMARTS) is 1. The Kier molecular flexibility index (Phi) is 6.36. The molecule has 1 aliphatic rings. The van der Waals surface area contributed by atoms with E-state index in [2.05, 4.69) is 27.9 Å². The van der Waals surface area contributed by atoms with Crippen molar-refractivity contribution in [1.29, 1.82) is 0 Å². The molecule has 1 aromatic heterocycles. The predicted molar refractivity (Wildman–Crippen MR) is 126 cm³/mol. The third-order valence-electron chi connectivity index (χ3n) is 5.97. The Bertz CT molecular complexity index is 1200. The lowest BCUT2D eigenvalue weighted by Gasteiger charge is -2.18. The zero-order valence-corrected chi connectivity index (χ0v) is 19.1. The summed E-state index contributed by atoms with van der Waals surface area (Å²) in [6.07, 6.45) is 0.534. The Morgan fingerprint density at radius 1 is 1.06 bits per heavy atom. The maximum atomic E-state index is 12.7. The van der Waals surface area contributed by atoms with E-state index in [-0.39, 0.29) is 29.8 Å². The molecule has 2 amide bonds. The number of aliphatic carboxylic acids is 1. The third kappa shape index (κ3) is 4.36. The van der Waals surface area contributed by atoms with Crippen molar-refractivity contribution in [2.45, 2.75) is 25.8 Å². The van der Waals surface area contributed by atoms with Gasteiger partial charge >= 0.3 is 12.1 Å². The molecular formula is C25H26N4O5. The highest BCUT2D eigenvalue weighted by molar-refractivity contribution is 6.03. The van der Waals surface area contributed by atoms with Gasteiger partial charge in [0, 0.05) is 13.0 Å². The van der Waals surface area contributed by atoms with Crippen molar-refractivity contribution in [2.24, 2.45) is 13.0 Å². The topological polar surface area (TPSA) is 123 Å². The molecule has 9 nitrogen and oxygen atoms in total. The molecule has 2 aromatic carbocycles. The fraction of sp³-hybridized carbons (Fsp3) is 0.280. The van der Waals surface area contributed by atoms with Crippen LogP contribution in [0.3, 0.4) is 0 Å². The summed E-state index contributed by atoms with van der Waals surface area (Å²) in [6.45, 7) is 3.50. The summed E-state index contributed by atoms with van der Waals surface area (Å²) >= 11 is 0. The number of carboxylic acids is 1. The van der Waals surface area contributed by atoms with E-state index in [4.69, 9.17) is 4.74 Å². The van der Waals surface area contributed by atoms with E-state index in [9.17, 15) is 19.5 Å². The second-order valence-electron chi connectivity index (χ2n) is 8.51. The number of carbonyl (C=O) groups is 3. The minimum atomic E-state index is -1.14. The van der Waals surface area contributed by atoms with Crippen LogP contribution in [0.25, 0.3) is 11.1 Å². The summed E-state index contributed by atoms with van der Waals surface area (Å²) in [5.74, 6) is -2.10. The van der Waals surface area contributed by atoms with Crippen molar-refractivity contribution in [3.05, 3.63) is 71.4 Å². The second kappa shape index (κ2) is 9.38. The lowest BCUT2D eigenvalue weighted by molar-refractivity contribution is -0.140. The number of hydrogen-bond donors (Lipinski definition) is 3. The van der Waals surface area contributed by atoms with Crippen LogP contribution in [0, 0.1) is 5.92 Å². The van der Waals surface area contributed by atoms with Crippen molar-refractivity contribution in [3.8, 4) is 11.1 Å². The monoisotopic (exact) mass is 462 g/mol. The number of aromatic nitrogens is 2. The smallest absolute Gasteiger partial charge is 0.412 e. The van der Waals surface area contributed by atoms with Gasteiger partial charge < -0.3 is 15.2 Å². The molecule has 0 saturated heterocycles. The number of rotatable bonds is 7. The molecule has 0 spiro atoms. The van der Waals surface area contributed by atoms with Gasteiger partial charge in [-0.2, -0.15) is 5.10 Å². The van der Waals surface area contributed by atoms with Crippen molar-refractivity contribution >= 4 is 23.8 Å². The lowest BCUT2D eigenvalue weighted by Crippen LogP contribution is -2.44. The number of fused-ring (bicyclic) bond motifs is 3. The molecule has 0 unspecified atom stereocenters. The molecule has 9 heteroatoms. The first kappa shape index (κ1) is 23.0. The highest BCUT2D eigenvalue weighted by Crippen LogP contribution is 2.44. The Morgan fingerprint density at radius 2 is 1.65 bits per heavy atom. The van der Waals surface area contributed by atoms with Crippen LogP contribution in [-0.4, -0.2) is 45.5 Å². The third-order valence-corrected chi connectivity index (χ3v) is 5.97. The van der Waals surface area contributed by atoms with Crippen LogP contribution in [0.1, 0.15) is 41.3 Å². The Morgan fingerprint density at radius 3 is 2.21 bits per heavy atom. The molecule has 4 rings (SSSR count). The average molecular weight is 463 g/mol. The molecule has 0 radical (unpaired) electrons. The van der Waals surface area contributed by atoms with E-state index in [0.717, 1.165) is 22.3 Å². The van der Waals surface area contributed by atoms with Gasteiger partial charge in [-0.3, -0.25) is 14.8 Å². The van der Waals surface area contributed by atoms with Gasteiger partial charge in [0.05, 0.1) is 6.20 Å². The van der Waals surface area contributed by atoms with E-state index in [0.29, 0.717) is 0 Å². The number of nitrogens with zero attached hydrogens (tertiary/aromatic N) is 2. The standard InChI is InChI=1S/C25H26N4O5/c1-14(2)21(24(31)32)27-23(30)19-12-26-29(3)22(19)28-25(33)34-13-20-17-10-6-4-8-15(17)16-9-5-7-11-18(16)20/h4-12,14,20-21H,13H2,1-3H3,(H,27,30)(H,28,33)(H,31,32)/t21-/m1/s1. The summed E-state index contributed by atoms with van der Waals surface area (Å²) < 4.78 is 6.86. The first-order chi connectivity index (χ1) is 16.3. The van der Waals surface area contributed by atoms with Gasteiger partial charge in [0.1, 0.15) is 24.0 Å². The van der Waals surface area contributed by atoms with Gasteiger partial charge in [0.25, 0.3) is 5.91 Å². The van der Waals surface area contributed by atoms with Gasteiger partial charge in [0.2, 0.25) is 0 Å². The quantitative estimate of drug-likeness (QED) is 0.493. The largest absolute Gasteiger partial charge is 0.480 e. The molecule has 1 aliphatic carbocycles. The molecule has 0 bridgehead atoms. The second-order valence-corrected chi connectivity index (χ2v) is 8.51. The van der Waals surface area contributed by atoms with Crippen molar-refractivity contribution in [2.75, 3.05) is 11.9 Å². The van der Waals surface area contributed by atoms with Crippen LogP contribution < -0.4 is 10.6 Å². The fourth-order valence-electron chi connectivity index (χ4n) is 4.22. The van der Waals surface area contributed by atoms with Crippen LogP contribution in [0.2, 0.25) is 0 Å². The number of amides is 2. The molecule has 3 aromatic rings. The molecular weight excluding hydrogens is 436 g/mol. The zero-order valence-electron chi connectivity index (χ0n) is 19.1. The van der Waals surface area contributed by atoms with Crippen LogP contribution in [0.15, 0.2) is 54.7 Å². The van der Waals surface area contributed by atoms with Crippen molar-refractivity contribution in [1.82, 2.24) is 15.1 Å². The maximum absolute atomic E-state index is 12.7. The van der Waals surface area contributed by atoms with E-state index >= 15 is 0 Å². The SMILES string of the molecule is CC(C)[C@@H](NC(=O)c1cnn(C)c1NC(=O)OCC1c2ccccc2-c2ccccc21)C(=O)O. The summed E-state index contributed by atoms with van der Waals surface area (Å²) in [5.41, 5.74) is 4.46. The number of nitrogens with one attached hydrogen (secondary N) is 2. The van der Waals surface area contributed by atoms with E-state index < -0.39 is 24.0 Å². The number of carbonyl (C=O) groups excluding carboxylic acids is 2. The van der Waals surface area contributed by atoms with E-state index in [1.807, 2.05) is 36.4 Å². The summed E-state index contributed by atoms with van der Waals surface area (Å²) in [5, 5.41) is 18.4. The van der Waals surface area contributed by atoms with Crippen LogP contribution in [0.4, 0.5) is 10.6 Å². The van der Waals surface area contributed by atoms with Gasteiger partial charge in [-0.05, 0) is 28.2 Å².